The Morgan fingerprint density at radius 3 is 2.32 bits per heavy atom. The molecule has 0 bridgehead atoms. The molecule has 0 saturated carbocycles. The van der Waals surface area contributed by atoms with Crippen LogP contribution < -0.4 is 10.1 Å². The molecule has 0 aliphatic carbocycles. The fourth-order valence-electron chi connectivity index (χ4n) is 3.28. The summed E-state index contributed by atoms with van der Waals surface area (Å²) in [4.78, 5) is 25.5. The highest BCUT2D eigenvalue weighted by Crippen LogP contribution is 2.19. The smallest absolute Gasteiger partial charge is 0.329 e. The lowest BCUT2D eigenvalue weighted by Crippen LogP contribution is -2.45. The first-order chi connectivity index (χ1) is 16.0. The lowest BCUT2D eigenvalue weighted by molar-refractivity contribution is -0.148. The topological polar surface area (TPSA) is 102 Å². The van der Waals surface area contributed by atoms with Crippen LogP contribution in [0.25, 0.3) is 0 Å². The van der Waals surface area contributed by atoms with E-state index in [1.807, 2.05) is 0 Å². The number of ether oxygens (including phenoxy) is 2. The van der Waals surface area contributed by atoms with Crippen LogP contribution in [0.2, 0.25) is 0 Å². The van der Waals surface area contributed by atoms with Crippen molar-refractivity contribution in [3.63, 3.8) is 0 Å². The summed E-state index contributed by atoms with van der Waals surface area (Å²) in [6.07, 6.45) is 0. The first-order valence-corrected chi connectivity index (χ1v) is 12.4. The van der Waals surface area contributed by atoms with Gasteiger partial charge in [0.05, 0.1) is 12.0 Å². The Bertz CT molecular complexity index is 1120. The van der Waals surface area contributed by atoms with Gasteiger partial charge in [0.1, 0.15) is 12.6 Å². The molecule has 2 aromatic carbocycles. The molecule has 0 fully saturated rings. The highest BCUT2D eigenvalue weighted by atomic mass is 32.2. The number of methoxy groups -OCH3 is 1. The quantitative estimate of drug-likeness (QED) is 0.481. The lowest BCUT2D eigenvalue weighted by Gasteiger charge is -2.22. The zero-order valence-electron chi connectivity index (χ0n) is 20.0. The minimum Gasteiger partial charge on any atom is -0.494 e. The Balaban J connectivity index is 2.14. The number of benzene rings is 2. The summed E-state index contributed by atoms with van der Waals surface area (Å²) in [6.45, 7) is 7.36. The van der Waals surface area contributed by atoms with E-state index in [1.54, 1.807) is 33.8 Å². The van der Waals surface area contributed by atoms with Crippen molar-refractivity contribution in [2.24, 2.45) is 5.92 Å². The summed E-state index contributed by atoms with van der Waals surface area (Å²) in [7, 11) is -2.39. The molecule has 1 amide bonds. The van der Waals surface area contributed by atoms with Gasteiger partial charge >= 0.3 is 5.97 Å². The van der Waals surface area contributed by atoms with Gasteiger partial charge in [0.25, 0.3) is 5.91 Å². The first-order valence-electron chi connectivity index (χ1n) is 10.9. The summed E-state index contributed by atoms with van der Waals surface area (Å²) < 4.78 is 50.9. The van der Waals surface area contributed by atoms with Crippen LogP contribution in [0.3, 0.4) is 0 Å². The predicted molar refractivity (Wildman–Crippen MR) is 125 cm³/mol. The maximum Gasteiger partial charge on any atom is 0.329 e. The van der Waals surface area contributed by atoms with E-state index in [1.165, 1.54) is 47.8 Å². The number of amides is 1. The molecule has 34 heavy (non-hydrogen) atoms. The van der Waals surface area contributed by atoms with Gasteiger partial charge in [-0.15, -0.1) is 0 Å². The highest BCUT2D eigenvalue weighted by molar-refractivity contribution is 7.89. The molecular formula is C24H31FN2O6S. The third-order valence-corrected chi connectivity index (χ3v) is 7.29. The Hall–Kier alpha value is -2.98. The summed E-state index contributed by atoms with van der Waals surface area (Å²) in [5, 5.41) is 2.62. The molecule has 10 heteroatoms. The molecular weight excluding hydrogens is 463 g/mol. The van der Waals surface area contributed by atoms with Crippen LogP contribution in [0, 0.1) is 11.7 Å². The second kappa shape index (κ2) is 11.9. The van der Waals surface area contributed by atoms with Crippen molar-refractivity contribution in [1.29, 1.82) is 0 Å². The van der Waals surface area contributed by atoms with Crippen LogP contribution in [0.15, 0.2) is 47.4 Å². The number of halogens is 1. The number of hydrogen-bond acceptors (Lipinski definition) is 6. The number of nitrogens with zero attached hydrogens (tertiary/aromatic N) is 1. The van der Waals surface area contributed by atoms with Crippen LogP contribution in [0.1, 0.15) is 43.6 Å². The summed E-state index contributed by atoms with van der Waals surface area (Å²) >= 11 is 0. The molecule has 2 aromatic rings. The summed E-state index contributed by atoms with van der Waals surface area (Å²) in [5.41, 5.74) is 0.527. The first kappa shape index (κ1) is 27.3. The number of nitrogens with one attached hydrogen (secondary N) is 1. The van der Waals surface area contributed by atoms with Gasteiger partial charge in [-0.1, -0.05) is 39.8 Å². The van der Waals surface area contributed by atoms with Gasteiger partial charge in [-0.05, 0) is 41.8 Å². The van der Waals surface area contributed by atoms with Gasteiger partial charge in [0.15, 0.2) is 11.6 Å². The van der Waals surface area contributed by atoms with Gasteiger partial charge in [0, 0.05) is 18.7 Å². The molecule has 0 heterocycles. The normalized spacial score (nSPS) is 12.5. The standard InChI is InChI=1S/C24H31FN2O6S/c1-6-27(7-2)34(30,31)19-10-8-9-18(14-19)23(28)26-22(16(3)4)24(29)33-15-17-11-12-21(32-5)20(25)13-17/h8-14,16,22H,6-7,15H2,1-5H3,(H,26,28)/t22-/m0/s1. The van der Waals surface area contributed by atoms with Gasteiger partial charge in [0.2, 0.25) is 10.0 Å². The van der Waals surface area contributed by atoms with E-state index in [-0.39, 0.29) is 28.7 Å². The van der Waals surface area contributed by atoms with E-state index in [9.17, 15) is 22.4 Å². The highest BCUT2D eigenvalue weighted by Gasteiger charge is 2.27. The second-order valence-corrected chi connectivity index (χ2v) is 9.83. The zero-order chi connectivity index (χ0) is 25.5. The largest absolute Gasteiger partial charge is 0.494 e. The van der Waals surface area contributed by atoms with Gasteiger partial charge in [-0.2, -0.15) is 4.31 Å². The van der Waals surface area contributed by atoms with Crippen molar-refractivity contribution in [2.75, 3.05) is 20.2 Å². The number of hydrogen-bond donors (Lipinski definition) is 1. The Kier molecular flexibility index (Phi) is 9.57. The molecule has 2 rings (SSSR count). The molecule has 0 saturated heterocycles. The number of rotatable bonds is 11. The van der Waals surface area contributed by atoms with Crippen LogP contribution in [-0.2, 0) is 26.2 Å². The minimum absolute atomic E-state index is 0.00550. The maximum atomic E-state index is 13.9. The third-order valence-electron chi connectivity index (χ3n) is 5.24. The number of sulfonamides is 1. The predicted octanol–water partition coefficient (Wildman–Crippen LogP) is 3.36. The molecule has 1 atom stereocenters. The van der Waals surface area contributed by atoms with Crippen molar-refractivity contribution in [2.45, 2.75) is 45.2 Å². The molecule has 0 aromatic heterocycles. The van der Waals surface area contributed by atoms with Crippen molar-refractivity contribution >= 4 is 21.9 Å². The molecule has 0 unspecified atom stereocenters. The summed E-state index contributed by atoms with van der Waals surface area (Å²) in [5.74, 6) is -2.11. The van der Waals surface area contributed by atoms with Crippen molar-refractivity contribution in [1.82, 2.24) is 9.62 Å². The van der Waals surface area contributed by atoms with Crippen LogP contribution in [0.5, 0.6) is 5.75 Å². The Labute approximate surface area is 200 Å². The SMILES string of the molecule is CCN(CC)S(=O)(=O)c1cccc(C(=O)N[C@H](C(=O)OCc2ccc(OC)c(F)c2)C(C)C)c1. The fraction of sp³-hybridized carbons (Fsp3) is 0.417. The van der Waals surface area contributed by atoms with Crippen molar-refractivity contribution < 1.29 is 31.9 Å². The van der Waals surface area contributed by atoms with Gasteiger partial charge in [-0.3, -0.25) is 4.79 Å². The number of carbonyl (C=O) groups is 2. The Morgan fingerprint density at radius 1 is 1.09 bits per heavy atom. The van der Waals surface area contributed by atoms with Gasteiger partial charge in [-0.25, -0.2) is 17.6 Å². The maximum absolute atomic E-state index is 13.9. The number of esters is 1. The van der Waals surface area contributed by atoms with Crippen molar-refractivity contribution in [3.05, 3.63) is 59.4 Å². The average molecular weight is 495 g/mol. The van der Waals surface area contributed by atoms with E-state index >= 15 is 0 Å². The van der Waals surface area contributed by atoms with Crippen LogP contribution >= 0.6 is 0 Å². The molecule has 8 nitrogen and oxygen atoms in total. The fourth-order valence-corrected chi connectivity index (χ4v) is 4.78. The van der Waals surface area contributed by atoms with E-state index in [0.29, 0.717) is 18.7 Å². The summed E-state index contributed by atoms with van der Waals surface area (Å²) in [6, 6.07) is 8.87. The molecule has 186 valence electrons. The van der Waals surface area contributed by atoms with E-state index in [0.717, 1.165) is 0 Å². The van der Waals surface area contributed by atoms with Crippen molar-refractivity contribution in [3.8, 4) is 5.75 Å². The van der Waals surface area contributed by atoms with E-state index in [4.69, 9.17) is 9.47 Å². The third kappa shape index (κ3) is 6.54. The zero-order valence-corrected chi connectivity index (χ0v) is 20.8. The van der Waals surface area contributed by atoms with E-state index < -0.39 is 33.8 Å². The van der Waals surface area contributed by atoms with Crippen LogP contribution in [0.4, 0.5) is 4.39 Å². The second-order valence-electron chi connectivity index (χ2n) is 7.89. The molecule has 1 N–H and O–H groups in total. The molecule has 0 radical (unpaired) electrons. The molecule has 0 aliphatic heterocycles. The van der Waals surface area contributed by atoms with E-state index in [2.05, 4.69) is 5.32 Å². The lowest BCUT2D eigenvalue weighted by atomic mass is 10.0. The van der Waals surface area contributed by atoms with Gasteiger partial charge < -0.3 is 14.8 Å². The number of carbonyl (C=O) groups excluding carboxylic acids is 2. The molecule has 0 aliphatic rings. The Morgan fingerprint density at radius 2 is 1.76 bits per heavy atom. The molecule has 0 spiro atoms. The monoisotopic (exact) mass is 494 g/mol. The average Bonchev–Trinajstić information content (AvgIpc) is 2.81. The minimum atomic E-state index is -3.74. The van der Waals surface area contributed by atoms with Crippen LogP contribution in [-0.4, -0.2) is 50.8 Å².